The molecule has 0 radical (unpaired) electrons. The van der Waals surface area contributed by atoms with Gasteiger partial charge in [-0.25, -0.2) is 4.39 Å². The molecule has 0 aliphatic carbocycles. The van der Waals surface area contributed by atoms with E-state index in [9.17, 15) is 4.39 Å². The van der Waals surface area contributed by atoms with Crippen molar-refractivity contribution in [1.82, 2.24) is 5.32 Å². The zero-order chi connectivity index (χ0) is 12.8. The molecule has 1 rings (SSSR count). The minimum atomic E-state index is -0.233. The van der Waals surface area contributed by atoms with Crippen LogP contribution in [0.5, 0.6) is 0 Å². The van der Waals surface area contributed by atoms with Crippen LogP contribution >= 0.6 is 12.2 Å². The van der Waals surface area contributed by atoms with Crippen molar-refractivity contribution in [2.75, 3.05) is 32.5 Å². The number of thiocarbonyl (C=S) groups is 1. The van der Waals surface area contributed by atoms with Crippen LogP contribution < -0.4 is 15.5 Å². The number of halogens is 1. The summed E-state index contributed by atoms with van der Waals surface area (Å²) >= 11 is 5.16. The number of anilines is 1. The predicted molar refractivity (Wildman–Crippen MR) is 73.0 cm³/mol. The first-order valence-corrected chi connectivity index (χ1v) is 6.00. The lowest BCUT2D eigenvalue weighted by molar-refractivity contribution is -0.856. The first kappa shape index (κ1) is 13.9. The fourth-order valence-electron chi connectivity index (χ4n) is 1.36. The molecule has 1 aromatic carbocycles. The van der Waals surface area contributed by atoms with Gasteiger partial charge in [0.05, 0.1) is 27.2 Å². The van der Waals surface area contributed by atoms with Gasteiger partial charge in [-0.15, -0.1) is 0 Å². The van der Waals surface area contributed by atoms with Crippen LogP contribution in [-0.2, 0) is 0 Å². The van der Waals surface area contributed by atoms with Crippen LogP contribution in [0.25, 0.3) is 0 Å². The van der Waals surface area contributed by atoms with Crippen LogP contribution in [0.4, 0.5) is 10.1 Å². The molecule has 0 amide bonds. The van der Waals surface area contributed by atoms with Gasteiger partial charge < -0.3 is 15.5 Å². The van der Waals surface area contributed by atoms with Crippen LogP contribution in [0.3, 0.4) is 0 Å². The molecule has 5 heteroatoms. The number of nitrogens with one attached hydrogen (secondary N) is 3. The van der Waals surface area contributed by atoms with Gasteiger partial charge in [0.15, 0.2) is 5.11 Å². The average molecular weight is 256 g/mol. The van der Waals surface area contributed by atoms with Crippen LogP contribution in [0, 0.1) is 12.7 Å². The van der Waals surface area contributed by atoms with Gasteiger partial charge in [-0.2, -0.15) is 0 Å². The van der Waals surface area contributed by atoms with E-state index in [1.807, 2.05) is 6.92 Å². The van der Waals surface area contributed by atoms with Gasteiger partial charge in [-0.3, -0.25) is 0 Å². The van der Waals surface area contributed by atoms with Gasteiger partial charge >= 0.3 is 0 Å². The van der Waals surface area contributed by atoms with Gasteiger partial charge in [-0.05, 0) is 42.9 Å². The third-order valence-corrected chi connectivity index (χ3v) is 2.59. The van der Waals surface area contributed by atoms with Crippen molar-refractivity contribution in [2.45, 2.75) is 6.92 Å². The van der Waals surface area contributed by atoms with Crippen LogP contribution in [0.1, 0.15) is 5.56 Å². The van der Waals surface area contributed by atoms with Gasteiger partial charge in [-0.1, -0.05) is 0 Å². The monoisotopic (exact) mass is 256 g/mol. The van der Waals surface area contributed by atoms with Crippen molar-refractivity contribution < 1.29 is 9.29 Å². The van der Waals surface area contributed by atoms with Crippen molar-refractivity contribution in [3.05, 3.63) is 29.6 Å². The second-order valence-corrected chi connectivity index (χ2v) is 4.71. The minimum absolute atomic E-state index is 0.233. The number of rotatable bonds is 4. The van der Waals surface area contributed by atoms with Crippen molar-refractivity contribution in [3.8, 4) is 0 Å². The molecule has 17 heavy (non-hydrogen) atoms. The summed E-state index contributed by atoms with van der Waals surface area (Å²) in [6.45, 7) is 3.65. The highest BCUT2D eigenvalue weighted by Gasteiger charge is 2.02. The molecule has 1 aromatic rings. The molecule has 0 atom stereocenters. The molecule has 0 bridgehead atoms. The highest BCUT2D eigenvalue weighted by Crippen LogP contribution is 2.15. The Labute approximate surface area is 107 Å². The number of aryl methyl sites for hydroxylation is 1. The fourth-order valence-corrected chi connectivity index (χ4v) is 1.57. The Hall–Kier alpha value is -1.20. The molecule has 0 spiro atoms. The maximum absolute atomic E-state index is 12.9. The molecule has 0 unspecified atom stereocenters. The van der Waals surface area contributed by atoms with Gasteiger partial charge in [0, 0.05) is 5.69 Å². The second-order valence-electron chi connectivity index (χ2n) is 4.30. The summed E-state index contributed by atoms with van der Waals surface area (Å²) in [4.78, 5) is 1.36. The van der Waals surface area contributed by atoms with Gasteiger partial charge in [0.2, 0.25) is 0 Å². The summed E-state index contributed by atoms with van der Waals surface area (Å²) in [5.74, 6) is -0.233. The summed E-state index contributed by atoms with van der Waals surface area (Å²) in [6.07, 6.45) is 0. The fraction of sp³-hybridized carbons (Fsp3) is 0.417. The Morgan fingerprint density at radius 2 is 2.12 bits per heavy atom. The van der Waals surface area contributed by atoms with Crippen molar-refractivity contribution >= 4 is 23.0 Å². The zero-order valence-corrected chi connectivity index (χ0v) is 11.2. The molecule has 0 aliphatic heterocycles. The summed E-state index contributed by atoms with van der Waals surface area (Å²) in [7, 11) is 4.17. The standard InChI is InChI=1S/C12H18FN3S/c1-9-8-10(13)4-5-11(9)15-12(17)14-6-7-16(2)3/h4-5,8H,6-7H2,1-3H3,(H2,14,15,17)/p+1. The molecule has 0 saturated heterocycles. The van der Waals surface area contributed by atoms with E-state index < -0.39 is 0 Å². The van der Waals surface area contributed by atoms with E-state index in [0.29, 0.717) is 5.11 Å². The van der Waals surface area contributed by atoms with Crippen LogP contribution in [0.15, 0.2) is 18.2 Å². The maximum atomic E-state index is 12.9. The molecule has 3 N–H and O–H groups in total. The predicted octanol–water partition coefficient (Wildman–Crippen LogP) is 0.565. The SMILES string of the molecule is Cc1cc(F)ccc1NC(=S)NCC[NH+](C)C. The number of hydrogen-bond donors (Lipinski definition) is 3. The van der Waals surface area contributed by atoms with E-state index in [2.05, 4.69) is 24.7 Å². The van der Waals surface area contributed by atoms with E-state index >= 15 is 0 Å². The largest absolute Gasteiger partial charge is 0.357 e. The quantitative estimate of drug-likeness (QED) is 0.688. The Morgan fingerprint density at radius 1 is 1.41 bits per heavy atom. The zero-order valence-electron chi connectivity index (χ0n) is 10.4. The smallest absolute Gasteiger partial charge is 0.170 e. The molecule has 0 saturated carbocycles. The summed E-state index contributed by atoms with van der Waals surface area (Å²) in [6, 6.07) is 4.59. The van der Waals surface area contributed by atoms with E-state index in [-0.39, 0.29) is 5.82 Å². The van der Waals surface area contributed by atoms with Crippen molar-refractivity contribution in [2.24, 2.45) is 0 Å². The normalized spacial score (nSPS) is 10.4. The Bertz CT molecular complexity index is 393. The summed E-state index contributed by atoms with van der Waals surface area (Å²) < 4.78 is 12.9. The van der Waals surface area contributed by atoms with Gasteiger partial charge in [0.1, 0.15) is 5.82 Å². The third kappa shape index (κ3) is 5.10. The number of quaternary nitrogens is 1. The minimum Gasteiger partial charge on any atom is -0.357 e. The van der Waals surface area contributed by atoms with Crippen LogP contribution in [0.2, 0.25) is 0 Å². The summed E-state index contributed by atoms with van der Waals surface area (Å²) in [5, 5.41) is 6.74. The molecule has 0 fully saturated rings. The first-order valence-electron chi connectivity index (χ1n) is 5.59. The Kier molecular flexibility index (Phi) is 5.31. The second kappa shape index (κ2) is 6.51. The number of benzene rings is 1. The first-order chi connectivity index (χ1) is 7.99. The van der Waals surface area contributed by atoms with Gasteiger partial charge in [0.25, 0.3) is 0 Å². The number of likely N-dealkylation sites (N-methyl/N-ethyl adjacent to an activating group) is 1. The highest BCUT2D eigenvalue weighted by molar-refractivity contribution is 7.80. The van der Waals surface area contributed by atoms with E-state index in [1.54, 1.807) is 6.07 Å². The molecule has 3 nitrogen and oxygen atoms in total. The highest BCUT2D eigenvalue weighted by atomic mass is 32.1. The van der Waals surface area contributed by atoms with E-state index in [4.69, 9.17) is 12.2 Å². The van der Waals surface area contributed by atoms with Crippen molar-refractivity contribution in [3.63, 3.8) is 0 Å². The summed E-state index contributed by atoms with van der Waals surface area (Å²) in [5.41, 5.74) is 1.67. The third-order valence-electron chi connectivity index (χ3n) is 2.35. The molecular weight excluding hydrogens is 237 g/mol. The van der Waals surface area contributed by atoms with Crippen molar-refractivity contribution in [1.29, 1.82) is 0 Å². The Morgan fingerprint density at radius 3 is 2.71 bits per heavy atom. The lowest BCUT2D eigenvalue weighted by Gasteiger charge is -2.13. The molecule has 94 valence electrons. The molecule has 0 aliphatic rings. The maximum Gasteiger partial charge on any atom is 0.170 e. The van der Waals surface area contributed by atoms with E-state index in [0.717, 1.165) is 24.3 Å². The lowest BCUT2D eigenvalue weighted by atomic mass is 10.2. The van der Waals surface area contributed by atoms with Crippen LogP contribution in [-0.4, -0.2) is 32.3 Å². The molecular formula is C12H19FN3S+. The molecule has 0 aromatic heterocycles. The lowest BCUT2D eigenvalue weighted by Crippen LogP contribution is -3.06. The average Bonchev–Trinajstić information content (AvgIpc) is 2.21. The number of hydrogen-bond acceptors (Lipinski definition) is 1. The topological polar surface area (TPSA) is 28.5 Å². The molecule has 0 heterocycles. The Balaban J connectivity index is 2.45. The van der Waals surface area contributed by atoms with E-state index in [1.165, 1.54) is 17.0 Å².